The van der Waals surface area contributed by atoms with Crippen molar-refractivity contribution in [3.05, 3.63) is 35.9 Å². The van der Waals surface area contributed by atoms with E-state index in [0.29, 0.717) is 11.8 Å². The van der Waals surface area contributed by atoms with Crippen molar-refractivity contribution in [2.45, 2.75) is 6.04 Å². The fourth-order valence-electron chi connectivity index (χ4n) is 1.43. The Morgan fingerprint density at radius 1 is 1.20 bits per heavy atom. The van der Waals surface area contributed by atoms with E-state index in [0.717, 1.165) is 6.54 Å². The van der Waals surface area contributed by atoms with Gasteiger partial charge in [-0.3, -0.25) is 4.90 Å². The fourth-order valence-corrected chi connectivity index (χ4v) is 2.11. The maximum Gasteiger partial charge on any atom is 0.0480 e. The van der Waals surface area contributed by atoms with Crippen LogP contribution in [-0.4, -0.2) is 30.3 Å². The molecule has 1 unspecified atom stereocenters. The molecule has 1 aromatic rings. The van der Waals surface area contributed by atoms with Crippen molar-refractivity contribution in [2.75, 3.05) is 25.4 Å². The SMILES string of the molecule is CN(CCCl)C(CCl)c1ccccc1.Cl. The Bertz CT molecular complexity index is 253. The van der Waals surface area contributed by atoms with E-state index in [-0.39, 0.29) is 18.4 Å². The van der Waals surface area contributed by atoms with Crippen molar-refractivity contribution in [1.82, 2.24) is 4.90 Å². The number of hydrogen-bond acceptors (Lipinski definition) is 1. The molecule has 1 nitrogen and oxygen atoms in total. The van der Waals surface area contributed by atoms with Gasteiger partial charge >= 0.3 is 0 Å². The van der Waals surface area contributed by atoms with Gasteiger partial charge in [0.1, 0.15) is 0 Å². The Morgan fingerprint density at radius 3 is 2.27 bits per heavy atom. The van der Waals surface area contributed by atoms with Crippen molar-refractivity contribution in [3.8, 4) is 0 Å². The maximum absolute atomic E-state index is 5.95. The molecule has 0 aliphatic rings. The zero-order chi connectivity index (χ0) is 10.4. The van der Waals surface area contributed by atoms with Crippen molar-refractivity contribution in [2.24, 2.45) is 0 Å². The van der Waals surface area contributed by atoms with Crippen LogP contribution in [0.15, 0.2) is 30.3 Å². The first-order valence-electron chi connectivity index (χ1n) is 4.66. The molecular weight excluding hydrogens is 252 g/mol. The lowest BCUT2D eigenvalue weighted by Gasteiger charge is -2.25. The van der Waals surface area contributed by atoms with Gasteiger partial charge in [-0.1, -0.05) is 30.3 Å². The highest BCUT2D eigenvalue weighted by Crippen LogP contribution is 2.20. The molecule has 15 heavy (non-hydrogen) atoms. The third kappa shape index (κ3) is 4.60. The zero-order valence-electron chi connectivity index (χ0n) is 8.70. The molecule has 0 radical (unpaired) electrons. The van der Waals surface area contributed by atoms with Gasteiger partial charge in [0.15, 0.2) is 0 Å². The van der Waals surface area contributed by atoms with Gasteiger partial charge in [0.25, 0.3) is 0 Å². The highest BCUT2D eigenvalue weighted by Gasteiger charge is 2.14. The molecule has 1 rings (SSSR count). The fraction of sp³-hybridized carbons (Fsp3) is 0.455. The molecule has 0 spiro atoms. The lowest BCUT2D eigenvalue weighted by Crippen LogP contribution is -2.27. The van der Waals surface area contributed by atoms with E-state index in [9.17, 15) is 0 Å². The molecule has 0 aliphatic carbocycles. The van der Waals surface area contributed by atoms with Crippen LogP contribution in [-0.2, 0) is 0 Å². The topological polar surface area (TPSA) is 3.24 Å². The molecule has 4 heteroatoms. The van der Waals surface area contributed by atoms with Gasteiger partial charge in [-0.15, -0.1) is 35.6 Å². The van der Waals surface area contributed by atoms with Gasteiger partial charge in [-0.25, -0.2) is 0 Å². The number of nitrogens with zero attached hydrogens (tertiary/aromatic N) is 1. The predicted molar refractivity (Wildman–Crippen MR) is 70.5 cm³/mol. The Balaban J connectivity index is 0.00000196. The molecule has 0 N–H and O–H groups in total. The summed E-state index contributed by atoms with van der Waals surface area (Å²) >= 11 is 11.6. The Hall–Kier alpha value is 0.0500. The van der Waals surface area contributed by atoms with Crippen LogP contribution in [0.1, 0.15) is 11.6 Å². The first-order chi connectivity index (χ1) is 6.79. The second kappa shape index (κ2) is 8.23. The molecule has 0 heterocycles. The predicted octanol–water partition coefficient (Wildman–Crippen LogP) is 3.56. The minimum absolute atomic E-state index is 0. The quantitative estimate of drug-likeness (QED) is 0.738. The van der Waals surface area contributed by atoms with Crippen LogP contribution < -0.4 is 0 Å². The molecule has 1 atom stereocenters. The third-order valence-electron chi connectivity index (χ3n) is 2.30. The second-order valence-corrected chi connectivity index (χ2v) is 3.94. The van der Waals surface area contributed by atoms with Gasteiger partial charge in [-0.2, -0.15) is 0 Å². The van der Waals surface area contributed by atoms with Crippen LogP contribution in [0.25, 0.3) is 0 Å². The summed E-state index contributed by atoms with van der Waals surface area (Å²) in [5, 5.41) is 0. The molecule has 1 aromatic carbocycles. The van der Waals surface area contributed by atoms with E-state index in [4.69, 9.17) is 23.2 Å². The number of hydrogen-bond donors (Lipinski definition) is 0. The minimum Gasteiger partial charge on any atom is -0.297 e. The molecule has 0 saturated carbocycles. The van der Waals surface area contributed by atoms with Crippen LogP contribution in [0.3, 0.4) is 0 Å². The van der Waals surface area contributed by atoms with Crippen molar-refractivity contribution in [3.63, 3.8) is 0 Å². The standard InChI is InChI=1S/C11H15Cl2N.ClH/c1-14(8-7-12)11(9-13)10-5-3-2-4-6-10;/h2-6,11H,7-9H2,1H3;1H. The molecule has 0 bridgehead atoms. The molecule has 0 aliphatic heterocycles. The van der Waals surface area contributed by atoms with E-state index in [2.05, 4.69) is 17.0 Å². The van der Waals surface area contributed by atoms with E-state index in [1.54, 1.807) is 0 Å². The maximum atomic E-state index is 5.95. The summed E-state index contributed by atoms with van der Waals surface area (Å²) in [7, 11) is 2.04. The lowest BCUT2D eigenvalue weighted by molar-refractivity contribution is 0.280. The summed E-state index contributed by atoms with van der Waals surface area (Å²) < 4.78 is 0. The van der Waals surface area contributed by atoms with Crippen molar-refractivity contribution < 1.29 is 0 Å². The molecule has 0 fully saturated rings. The second-order valence-electron chi connectivity index (χ2n) is 3.25. The van der Waals surface area contributed by atoms with Crippen LogP contribution in [0, 0.1) is 0 Å². The van der Waals surface area contributed by atoms with Gasteiger partial charge in [0, 0.05) is 24.3 Å². The largest absolute Gasteiger partial charge is 0.297 e. The Morgan fingerprint density at radius 2 is 1.80 bits per heavy atom. The first-order valence-corrected chi connectivity index (χ1v) is 5.73. The third-order valence-corrected chi connectivity index (χ3v) is 2.76. The molecule has 0 amide bonds. The normalized spacial score (nSPS) is 12.3. The average Bonchev–Trinajstić information content (AvgIpc) is 2.21. The summed E-state index contributed by atoms with van der Waals surface area (Å²) in [5.41, 5.74) is 1.25. The zero-order valence-corrected chi connectivity index (χ0v) is 11.0. The van der Waals surface area contributed by atoms with Gasteiger partial charge in [0.05, 0.1) is 0 Å². The Labute approximate surface area is 108 Å². The van der Waals surface area contributed by atoms with Gasteiger partial charge < -0.3 is 0 Å². The van der Waals surface area contributed by atoms with E-state index < -0.39 is 0 Å². The van der Waals surface area contributed by atoms with Gasteiger partial charge in [-0.05, 0) is 12.6 Å². The van der Waals surface area contributed by atoms with Crippen molar-refractivity contribution in [1.29, 1.82) is 0 Å². The summed E-state index contributed by atoms with van der Waals surface area (Å²) in [6.45, 7) is 0.855. The summed E-state index contributed by atoms with van der Waals surface area (Å²) in [6.07, 6.45) is 0. The van der Waals surface area contributed by atoms with Crippen LogP contribution in [0.5, 0.6) is 0 Å². The molecule has 0 saturated heterocycles. The van der Waals surface area contributed by atoms with E-state index in [1.165, 1.54) is 5.56 Å². The lowest BCUT2D eigenvalue weighted by atomic mass is 10.1. The number of halogens is 3. The summed E-state index contributed by atoms with van der Waals surface area (Å²) in [5.74, 6) is 1.23. The number of alkyl halides is 2. The molecule has 86 valence electrons. The summed E-state index contributed by atoms with van der Waals surface area (Å²) in [4.78, 5) is 2.18. The molecule has 0 aromatic heterocycles. The van der Waals surface area contributed by atoms with E-state index in [1.807, 2.05) is 25.2 Å². The highest BCUT2D eigenvalue weighted by atomic mass is 35.5. The molecular formula is C11H16Cl3N. The minimum atomic E-state index is 0. The highest BCUT2D eigenvalue weighted by molar-refractivity contribution is 6.18. The first kappa shape index (κ1) is 15.0. The monoisotopic (exact) mass is 267 g/mol. The number of benzene rings is 1. The Kier molecular flexibility index (Phi) is 8.26. The average molecular weight is 269 g/mol. The summed E-state index contributed by atoms with van der Waals surface area (Å²) in [6, 6.07) is 10.5. The van der Waals surface area contributed by atoms with Crippen LogP contribution >= 0.6 is 35.6 Å². The van der Waals surface area contributed by atoms with Crippen molar-refractivity contribution >= 4 is 35.6 Å². The van der Waals surface area contributed by atoms with E-state index >= 15 is 0 Å². The van der Waals surface area contributed by atoms with Gasteiger partial charge in [0.2, 0.25) is 0 Å². The smallest absolute Gasteiger partial charge is 0.0480 e. The number of rotatable bonds is 5. The van der Waals surface area contributed by atoms with Crippen LogP contribution in [0.2, 0.25) is 0 Å². The van der Waals surface area contributed by atoms with Crippen LogP contribution in [0.4, 0.5) is 0 Å².